The van der Waals surface area contributed by atoms with Crippen molar-refractivity contribution in [1.29, 1.82) is 0 Å². The Morgan fingerprint density at radius 1 is 1.00 bits per heavy atom. The Kier molecular flexibility index (Phi) is 5.08. The maximum atomic E-state index is 3.79. The molecule has 0 radical (unpaired) electrons. The summed E-state index contributed by atoms with van der Waals surface area (Å²) in [5.41, 5.74) is 0.410. The van der Waals surface area contributed by atoms with Crippen LogP contribution in [0.5, 0.6) is 0 Å². The van der Waals surface area contributed by atoms with Gasteiger partial charge in [-0.3, -0.25) is 4.90 Å². The molecule has 2 nitrogen and oxygen atoms in total. The minimum atomic E-state index is 0.410. The fourth-order valence-electron chi connectivity index (χ4n) is 3.40. The molecule has 0 spiro atoms. The van der Waals surface area contributed by atoms with Crippen molar-refractivity contribution < 1.29 is 0 Å². The topological polar surface area (TPSA) is 15.3 Å². The van der Waals surface area contributed by atoms with E-state index in [4.69, 9.17) is 0 Å². The Morgan fingerprint density at radius 2 is 1.72 bits per heavy atom. The standard InChI is InChI=1S/C16H32N2/c1-16(2,3)13-17-14-8-7-11-18(12-14)15-9-5-4-6-10-15/h14-15,17H,4-13H2,1-3H3. The summed E-state index contributed by atoms with van der Waals surface area (Å²) >= 11 is 0. The van der Waals surface area contributed by atoms with Crippen LogP contribution in [0.4, 0.5) is 0 Å². The minimum Gasteiger partial charge on any atom is -0.312 e. The molecule has 1 aliphatic carbocycles. The second-order valence-electron chi connectivity index (χ2n) is 7.57. The largest absolute Gasteiger partial charge is 0.312 e. The van der Waals surface area contributed by atoms with Crippen molar-refractivity contribution in [1.82, 2.24) is 10.2 Å². The van der Waals surface area contributed by atoms with Crippen LogP contribution in [0, 0.1) is 5.41 Å². The van der Waals surface area contributed by atoms with Crippen molar-refractivity contribution in [3.63, 3.8) is 0 Å². The van der Waals surface area contributed by atoms with Gasteiger partial charge in [0.25, 0.3) is 0 Å². The molecule has 0 bridgehead atoms. The molecule has 1 atom stereocenters. The number of hydrogen-bond acceptors (Lipinski definition) is 2. The zero-order chi connectivity index (χ0) is 13.0. The first-order chi connectivity index (χ1) is 8.54. The normalized spacial score (nSPS) is 28.5. The van der Waals surface area contributed by atoms with E-state index < -0.39 is 0 Å². The Balaban J connectivity index is 1.77. The number of piperidine rings is 1. The van der Waals surface area contributed by atoms with Gasteiger partial charge in [0.2, 0.25) is 0 Å². The van der Waals surface area contributed by atoms with Gasteiger partial charge >= 0.3 is 0 Å². The van der Waals surface area contributed by atoms with Gasteiger partial charge in [-0.2, -0.15) is 0 Å². The van der Waals surface area contributed by atoms with E-state index in [1.807, 2.05) is 0 Å². The van der Waals surface area contributed by atoms with E-state index in [1.54, 1.807) is 0 Å². The summed E-state index contributed by atoms with van der Waals surface area (Å²) in [5, 5.41) is 3.79. The Bertz CT molecular complexity index is 238. The predicted octanol–water partition coefficient (Wildman–Crippen LogP) is 3.42. The van der Waals surface area contributed by atoms with Crippen LogP contribution in [0.3, 0.4) is 0 Å². The fourth-order valence-corrected chi connectivity index (χ4v) is 3.40. The smallest absolute Gasteiger partial charge is 0.0195 e. The molecular formula is C16H32N2. The second-order valence-corrected chi connectivity index (χ2v) is 7.57. The van der Waals surface area contributed by atoms with Crippen molar-refractivity contribution in [2.24, 2.45) is 5.41 Å². The molecule has 2 heteroatoms. The van der Waals surface area contributed by atoms with Gasteiger partial charge < -0.3 is 5.32 Å². The third-order valence-electron chi connectivity index (χ3n) is 4.46. The van der Waals surface area contributed by atoms with E-state index in [-0.39, 0.29) is 0 Å². The van der Waals surface area contributed by atoms with Crippen LogP contribution in [0.15, 0.2) is 0 Å². The Morgan fingerprint density at radius 3 is 2.39 bits per heavy atom. The van der Waals surface area contributed by atoms with Gasteiger partial charge in [0, 0.05) is 25.2 Å². The summed E-state index contributed by atoms with van der Waals surface area (Å²) in [6.45, 7) is 10.8. The lowest BCUT2D eigenvalue weighted by molar-refractivity contribution is 0.107. The van der Waals surface area contributed by atoms with Crippen LogP contribution in [0.2, 0.25) is 0 Å². The van der Waals surface area contributed by atoms with E-state index in [2.05, 4.69) is 31.0 Å². The van der Waals surface area contributed by atoms with Crippen LogP contribution >= 0.6 is 0 Å². The summed E-state index contributed by atoms with van der Waals surface area (Å²) in [7, 11) is 0. The first-order valence-corrected chi connectivity index (χ1v) is 8.02. The Labute approximate surface area is 114 Å². The molecule has 1 saturated carbocycles. The maximum absolute atomic E-state index is 3.79. The highest BCUT2D eigenvalue weighted by atomic mass is 15.2. The molecule has 18 heavy (non-hydrogen) atoms. The molecule has 0 aromatic heterocycles. The lowest BCUT2D eigenvalue weighted by atomic mass is 9.91. The molecule has 1 N–H and O–H groups in total. The predicted molar refractivity (Wildman–Crippen MR) is 78.9 cm³/mol. The second kappa shape index (κ2) is 6.38. The van der Waals surface area contributed by atoms with Crippen LogP contribution < -0.4 is 5.32 Å². The third kappa shape index (κ3) is 4.55. The van der Waals surface area contributed by atoms with Gasteiger partial charge in [-0.25, -0.2) is 0 Å². The van der Waals surface area contributed by atoms with Crippen LogP contribution in [0.1, 0.15) is 65.7 Å². The molecule has 1 saturated heterocycles. The van der Waals surface area contributed by atoms with Gasteiger partial charge in [-0.05, 0) is 37.6 Å². The van der Waals surface area contributed by atoms with E-state index in [9.17, 15) is 0 Å². The SMILES string of the molecule is CC(C)(C)CNC1CCCN(C2CCCCC2)C1. The van der Waals surface area contributed by atoms with Gasteiger partial charge in [-0.1, -0.05) is 40.0 Å². The van der Waals surface area contributed by atoms with Crippen molar-refractivity contribution in [3.05, 3.63) is 0 Å². The summed E-state index contributed by atoms with van der Waals surface area (Å²) < 4.78 is 0. The van der Waals surface area contributed by atoms with Crippen molar-refractivity contribution in [3.8, 4) is 0 Å². The van der Waals surface area contributed by atoms with E-state index in [0.29, 0.717) is 5.41 Å². The van der Waals surface area contributed by atoms with E-state index in [1.165, 1.54) is 58.0 Å². The number of likely N-dealkylation sites (tertiary alicyclic amines) is 1. The monoisotopic (exact) mass is 252 g/mol. The average Bonchev–Trinajstić information content (AvgIpc) is 2.37. The number of nitrogens with one attached hydrogen (secondary N) is 1. The molecule has 0 amide bonds. The first kappa shape index (κ1) is 14.3. The maximum Gasteiger partial charge on any atom is 0.0195 e. The Hall–Kier alpha value is -0.0800. The highest BCUT2D eigenvalue weighted by Crippen LogP contribution is 2.25. The molecule has 1 unspecified atom stereocenters. The molecular weight excluding hydrogens is 220 g/mol. The fraction of sp³-hybridized carbons (Fsp3) is 1.00. The third-order valence-corrected chi connectivity index (χ3v) is 4.46. The van der Waals surface area contributed by atoms with Crippen molar-refractivity contribution in [2.45, 2.75) is 77.8 Å². The zero-order valence-electron chi connectivity index (χ0n) is 12.7. The van der Waals surface area contributed by atoms with E-state index >= 15 is 0 Å². The van der Waals surface area contributed by atoms with Gasteiger partial charge in [-0.15, -0.1) is 0 Å². The summed E-state index contributed by atoms with van der Waals surface area (Å²) in [6, 6.07) is 1.64. The lowest BCUT2D eigenvalue weighted by Crippen LogP contribution is -2.51. The van der Waals surface area contributed by atoms with Crippen molar-refractivity contribution in [2.75, 3.05) is 19.6 Å². The zero-order valence-corrected chi connectivity index (χ0v) is 12.7. The molecule has 2 aliphatic rings. The van der Waals surface area contributed by atoms with E-state index in [0.717, 1.165) is 18.6 Å². The molecule has 0 aromatic carbocycles. The van der Waals surface area contributed by atoms with Crippen molar-refractivity contribution >= 4 is 0 Å². The highest BCUT2D eigenvalue weighted by molar-refractivity contribution is 4.85. The van der Waals surface area contributed by atoms with Gasteiger partial charge in [0.05, 0.1) is 0 Å². The quantitative estimate of drug-likeness (QED) is 0.828. The number of rotatable bonds is 3. The van der Waals surface area contributed by atoms with Gasteiger partial charge in [0.1, 0.15) is 0 Å². The minimum absolute atomic E-state index is 0.410. The summed E-state index contributed by atoms with van der Waals surface area (Å²) in [5.74, 6) is 0. The average molecular weight is 252 g/mol. The molecule has 1 heterocycles. The lowest BCUT2D eigenvalue weighted by Gasteiger charge is -2.40. The van der Waals surface area contributed by atoms with Gasteiger partial charge in [0.15, 0.2) is 0 Å². The molecule has 106 valence electrons. The first-order valence-electron chi connectivity index (χ1n) is 8.02. The number of nitrogens with zero attached hydrogens (tertiary/aromatic N) is 1. The summed E-state index contributed by atoms with van der Waals surface area (Å²) in [4.78, 5) is 2.78. The van der Waals surface area contributed by atoms with Crippen LogP contribution in [0.25, 0.3) is 0 Å². The molecule has 2 fully saturated rings. The summed E-state index contributed by atoms with van der Waals surface area (Å²) in [6.07, 6.45) is 10.0. The molecule has 0 aromatic rings. The van der Waals surface area contributed by atoms with Crippen LogP contribution in [-0.4, -0.2) is 36.6 Å². The van der Waals surface area contributed by atoms with Crippen LogP contribution in [-0.2, 0) is 0 Å². The molecule has 1 aliphatic heterocycles. The molecule has 2 rings (SSSR count). The number of hydrogen-bond donors (Lipinski definition) is 1. The highest BCUT2D eigenvalue weighted by Gasteiger charge is 2.27.